The lowest BCUT2D eigenvalue weighted by atomic mass is 10.1. The van der Waals surface area contributed by atoms with Crippen molar-refractivity contribution in [3.63, 3.8) is 0 Å². The molecule has 0 unspecified atom stereocenters. The Labute approximate surface area is 164 Å². The molecule has 8 nitrogen and oxygen atoms in total. The van der Waals surface area contributed by atoms with E-state index in [9.17, 15) is 13.2 Å². The molecule has 0 aliphatic rings. The number of amides is 1. The van der Waals surface area contributed by atoms with E-state index in [4.69, 9.17) is 14.2 Å². The van der Waals surface area contributed by atoms with Gasteiger partial charge in [0, 0.05) is 5.56 Å². The molecule has 0 radical (unpaired) electrons. The lowest BCUT2D eigenvalue weighted by Gasteiger charge is -2.17. The Morgan fingerprint density at radius 1 is 0.929 bits per heavy atom. The molecule has 2 aromatic carbocycles. The third-order valence-electron chi connectivity index (χ3n) is 4.24. The molecule has 152 valence electrons. The summed E-state index contributed by atoms with van der Waals surface area (Å²) in [5.74, 6) is 0.867. The standard InChI is InChI=1S/C19H24N2O6S/c1-12(13-6-8-15(25-3)17(10-13)27-5)21-19(22)14-7-9-16(26-4)18(11-14)28(23,24)20-2/h6-12,20H,1-5H3,(H,21,22)/t12-/m0/s1. The van der Waals surface area contributed by atoms with E-state index in [1.165, 1.54) is 39.5 Å². The first-order chi connectivity index (χ1) is 13.3. The molecule has 1 atom stereocenters. The molecule has 2 rings (SSSR count). The Morgan fingerprint density at radius 3 is 2.11 bits per heavy atom. The maximum atomic E-state index is 12.7. The largest absolute Gasteiger partial charge is 0.495 e. The Hall–Kier alpha value is -2.78. The summed E-state index contributed by atoms with van der Waals surface area (Å²) in [6, 6.07) is 9.22. The summed E-state index contributed by atoms with van der Waals surface area (Å²) in [6.07, 6.45) is 0. The number of benzene rings is 2. The van der Waals surface area contributed by atoms with E-state index in [2.05, 4.69) is 10.0 Å². The van der Waals surface area contributed by atoms with Crippen molar-refractivity contribution in [2.75, 3.05) is 28.4 Å². The minimum Gasteiger partial charge on any atom is -0.495 e. The van der Waals surface area contributed by atoms with Gasteiger partial charge in [-0.1, -0.05) is 6.07 Å². The van der Waals surface area contributed by atoms with Crippen molar-refractivity contribution in [3.8, 4) is 17.2 Å². The highest BCUT2D eigenvalue weighted by Gasteiger charge is 2.21. The summed E-state index contributed by atoms with van der Waals surface area (Å²) in [5, 5.41) is 2.84. The molecule has 0 fully saturated rings. The van der Waals surface area contributed by atoms with Crippen molar-refractivity contribution in [3.05, 3.63) is 47.5 Å². The molecule has 9 heteroatoms. The second-order valence-electron chi connectivity index (χ2n) is 5.88. The summed E-state index contributed by atoms with van der Waals surface area (Å²) in [6.45, 7) is 1.81. The molecule has 2 aromatic rings. The van der Waals surface area contributed by atoms with E-state index >= 15 is 0 Å². The van der Waals surface area contributed by atoms with Crippen LogP contribution in [-0.2, 0) is 10.0 Å². The van der Waals surface area contributed by atoms with Crippen LogP contribution in [0.2, 0.25) is 0 Å². The SMILES string of the molecule is CNS(=O)(=O)c1cc(C(=O)N[C@@H](C)c2ccc(OC)c(OC)c2)ccc1OC. The number of ether oxygens (including phenoxy) is 3. The van der Waals surface area contributed by atoms with Crippen molar-refractivity contribution < 1.29 is 27.4 Å². The van der Waals surface area contributed by atoms with E-state index < -0.39 is 15.9 Å². The molecule has 0 aliphatic carbocycles. The van der Waals surface area contributed by atoms with Gasteiger partial charge in [-0.3, -0.25) is 4.79 Å². The molecule has 0 saturated carbocycles. The Morgan fingerprint density at radius 2 is 1.54 bits per heavy atom. The Balaban J connectivity index is 2.29. The van der Waals surface area contributed by atoms with Gasteiger partial charge in [-0.15, -0.1) is 0 Å². The number of hydrogen-bond acceptors (Lipinski definition) is 6. The van der Waals surface area contributed by atoms with Crippen LogP contribution in [0.15, 0.2) is 41.3 Å². The third-order valence-corrected chi connectivity index (χ3v) is 5.67. The van der Waals surface area contributed by atoms with Crippen molar-refractivity contribution in [2.45, 2.75) is 17.9 Å². The Bertz CT molecular complexity index is 959. The highest BCUT2D eigenvalue weighted by molar-refractivity contribution is 7.89. The lowest BCUT2D eigenvalue weighted by molar-refractivity contribution is 0.0939. The number of sulfonamides is 1. The van der Waals surface area contributed by atoms with Crippen LogP contribution in [0.5, 0.6) is 17.2 Å². The quantitative estimate of drug-likeness (QED) is 0.694. The number of nitrogens with one attached hydrogen (secondary N) is 2. The minimum atomic E-state index is -3.78. The topological polar surface area (TPSA) is 103 Å². The van der Waals surface area contributed by atoms with Gasteiger partial charge in [-0.25, -0.2) is 13.1 Å². The van der Waals surface area contributed by atoms with Crippen molar-refractivity contribution >= 4 is 15.9 Å². The van der Waals surface area contributed by atoms with Crippen LogP contribution < -0.4 is 24.2 Å². The van der Waals surface area contributed by atoms with Gasteiger partial charge in [-0.2, -0.15) is 0 Å². The second kappa shape index (κ2) is 8.94. The van der Waals surface area contributed by atoms with Gasteiger partial charge in [0.15, 0.2) is 11.5 Å². The number of rotatable bonds is 8. The van der Waals surface area contributed by atoms with Crippen LogP contribution in [0, 0.1) is 0 Å². The maximum absolute atomic E-state index is 12.7. The molecule has 0 saturated heterocycles. The maximum Gasteiger partial charge on any atom is 0.251 e. The van der Waals surface area contributed by atoms with Gasteiger partial charge in [0.1, 0.15) is 10.6 Å². The van der Waals surface area contributed by atoms with Crippen molar-refractivity contribution in [1.82, 2.24) is 10.0 Å². The molecule has 1 amide bonds. The fourth-order valence-electron chi connectivity index (χ4n) is 2.62. The van der Waals surface area contributed by atoms with Crippen LogP contribution in [-0.4, -0.2) is 42.7 Å². The molecule has 28 heavy (non-hydrogen) atoms. The van der Waals surface area contributed by atoms with E-state index in [1.807, 2.05) is 13.0 Å². The van der Waals surface area contributed by atoms with E-state index in [0.29, 0.717) is 11.5 Å². The summed E-state index contributed by atoms with van der Waals surface area (Å²) in [7, 11) is 1.96. The zero-order chi connectivity index (χ0) is 20.9. The molecule has 0 aromatic heterocycles. The average Bonchev–Trinajstić information content (AvgIpc) is 2.72. The molecule has 0 aliphatic heterocycles. The summed E-state index contributed by atoms with van der Waals surface area (Å²) in [5.41, 5.74) is 1.00. The normalized spacial score (nSPS) is 12.2. The number of hydrogen-bond donors (Lipinski definition) is 2. The van der Waals surface area contributed by atoms with Crippen LogP contribution in [0.1, 0.15) is 28.9 Å². The minimum absolute atomic E-state index is 0.107. The molecule has 0 spiro atoms. The summed E-state index contributed by atoms with van der Waals surface area (Å²) >= 11 is 0. The fourth-order valence-corrected chi connectivity index (χ4v) is 3.54. The van der Waals surface area contributed by atoms with Crippen molar-refractivity contribution in [2.24, 2.45) is 0 Å². The highest BCUT2D eigenvalue weighted by Crippen LogP contribution is 2.30. The van der Waals surface area contributed by atoms with Gasteiger partial charge in [0.05, 0.1) is 27.4 Å². The lowest BCUT2D eigenvalue weighted by Crippen LogP contribution is -2.27. The fraction of sp³-hybridized carbons (Fsp3) is 0.316. The van der Waals surface area contributed by atoms with E-state index in [0.717, 1.165) is 5.56 Å². The molecular formula is C19H24N2O6S. The van der Waals surface area contributed by atoms with Gasteiger partial charge >= 0.3 is 0 Å². The van der Waals surface area contributed by atoms with Crippen LogP contribution in [0.25, 0.3) is 0 Å². The first-order valence-corrected chi connectivity index (χ1v) is 9.90. The van der Waals surface area contributed by atoms with Gasteiger partial charge in [-0.05, 0) is 49.9 Å². The molecule has 0 heterocycles. The third kappa shape index (κ3) is 4.55. The van der Waals surface area contributed by atoms with E-state index in [1.54, 1.807) is 19.2 Å². The zero-order valence-corrected chi connectivity index (χ0v) is 17.2. The van der Waals surface area contributed by atoms with Crippen LogP contribution in [0.4, 0.5) is 0 Å². The number of methoxy groups -OCH3 is 3. The van der Waals surface area contributed by atoms with Crippen molar-refractivity contribution in [1.29, 1.82) is 0 Å². The average molecular weight is 408 g/mol. The van der Waals surface area contributed by atoms with Gasteiger partial charge < -0.3 is 19.5 Å². The number of carbonyl (C=O) groups excluding carboxylic acids is 1. The second-order valence-corrected chi connectivity index (χ2v) is 7.74. The predicted molar refractivity (Wildman–Crippen MR) is 105 cm³/mol. The first-order valence-electron chi connectivity index (χ1n) is 8.41. The molecule has 2 N–H and O–H groups in total. The Kier molecular flexibility index (Phi) is 6.87. The zero-order valence-electron chi connectivity index (χ0n) is 16.4. The monoisotopic (exact) mass is 408 g/mol. The molecule has 0 bridgehead atoms. The summed E-state index contributed by atoms with van der Waals surface area (Å²) < 4.78 is 42.2. The van der Waals surface area contributed by atoms with Gasteiger partial charge in [0.25, 0.3) is 5.91 Å². The van der Waals surface area contributed by atoms with Crippen LogP contribution in [0.3, 0.4) is 0 Å². The first kappa shape index (κ1) is 21.5. The van der Waals surface area contributed by atoms with E-state index in [-0.39, 0.29) is 22.3 Å². The molecular weight excluding hydrogens is 384 g/mol. The smallest absolute Gasteiger partial charge is 0.251 e. The number of carbonyl (C=O) groups is 1. The summed E-state index contributed by atoms with van der Waals surface area (Å²) in [4.78, 5) is 12.5. The van der Waals surface area contributed by atoms with Crippen LogP contribution >= 0.6 is 0 Å². The highest BCUT2D eigenvalue weighted by atomic mass is 32.2. The van der Waals surface area contributed by atoms with Gasteiger partial charge in [0.2, 0.25) is 10.0 Å². The predicted octanol–water partition coefficient (Wildman–Crippen LogP) is 2.11.